The lowest BCUT2D eigenvalue weighted by Gasteiger charge is -2.37. The molecule has 3 rings (SSSR count). The lowest BCUT2D eigenvalue weighted by molar-refractivity contribution is -0.137. The number of likely N-dealkylation sites (tertiary alicyclic amines) is 2. The van der Waals surface area contributed by atoms with E-state index < -0.39 is 0 Å². The molecule has 0 N–H and O–H groups in total. The summed E-state index contributed by atoms with van der Waals surface area (Å²) < 4.78 is 13.2. The molecule has 0 aliphatic carbocycles. The number of benzene rings is 1. The van der Waals surface area contributed by atoms with Crippen LogP contribution >= 0.6 is 0 Å². The molecule has 25 heavy (non-hydrogen) atoms. The predicted octanol–water partition coefficient (Wildman–Crippen LogP) is 3.23. The van der Waals surface area contributed by atoms with Crippen LogP contribution in [0.5, 0.6) is 0 Å². The van der Waals surface area contributed by atoms with Gasteiger partial charge in [-0.3, -0.25) is 9.59 Å². The van der Waals surface area contributed by atoms with Gasteiger partial charge in [0.25, 0.3) is 0 Å². The average Bonchev–Trinajstić information content (AvgIpc) is 3.00. The molecular weight excluding hydrogens is 319 g/mol. The fourth-order valence-corrected chi connectivity index (χ4v) is 3.69. The van der Waals surface area contributed by atoms with E-state index in [1.165, 1.54) is 12.1 Å². The van der Waals surface area contributed by atoms with Crippen molar-refractivity contribution >= 4 is 17.9 Å². The largest absolute Gasteiger partial charge is 0.341 e. The first kappa shape index (κ1) is 17.6. The van der Waals surface area contributed by atoms with E-state index >= 15 is 0 Å². The predicted molar refractivity (Wildman–Crippen MR) is 95.2 cm³/mol. The average molecular weight is 344 g/mol. The number of amides is 2. The third-order valence-corrected chi connectivity index (χ3v) is 5.00. The lowest BCUT2D eigenvalue weighted by atomic mass is 10.0. The van der Waals surface area contributed by atoms with Crippen LogP contribution < -0.4 is 0 Å². The molecule has 2 amide bonds. The SMILES string of the molecule is O=C1CCCN1C[C@H]1CCCCN1C(=O)C/C=C\c1cccc(F)c1. The number of hydrogen-bond acceptors (Lipinski definition) is 2. The molecule has 0 unspecified atom stereocenters. The van der Waals surface area contributed by atoms with Crippen molar-refractivity contribution in [2.45, 2.75) is 44.6 Å². The third-order valence-electron chi connectivity index (χ3n) is 5.00. The molecule has 0 saturated carbocycles. The first-order valence-electron chi connectivity index (χ1n) is 9.13. The summed E-state index contributed by atoms with van der Waals surface area (Å²) >= 11 is 0. The number of nitrogens with zero attached hydrogens (tertiary/aromatic N) is 2. The molecule has 2 aliphatic heterocycles. The molecule has 1 aromatic carbocycles. The van der Waals surface area contributed by atoms with Crippen LogP contribution in [0.3, 0.4) is 0 Å². The Balaban J connectivity index is 1.57. The maximum atomic E-state index is 13.2. The molecule has 0 bridgehead atoms. The fourth-order valence-electron chi connectivity index (χ4n) is 3.69. The zero-order valence-electron chi connectivity index (χ0n) is 14.5. The van der Waals surface area contributed by atoms with Gasteiger partial charge in [-0.15, -0.1) is 0 Å². The van der Waals surface area contributed by atoms with Gasteiger partial charge in [0, 0.05) is 38.5 Å². The quantitative estimate of drug-likeness (QED) is 0.823. The third kappa shape index (κ3) is 4.68. The van der Waals surface area contributed by atoms with Crippen LogP contribution in [0.25, 0.3) is 6.08 Å². The lowest BCUT2D eigenvalue weighted by Crippen LogP contribution is -2.49. The highest BCUT2D eigenvalue weighted by Crippen LogP contribution is 2.21. The van der Waals surface area contributed by atoms with Crippen molar-refractivity contribution in [1.82, 2.24) is 9.80 Å². The Hall–Kier alpha value is -2.17. The van der Waals surface area contributed by atoms with Gasteiger partial charge in [0.15, 0.2) is 0 Å². The fraction of sp³-hybridized carbons (Fsp3) is 0.500. The van der Waals surface area contributed by atoms with Crippen LogP contribution in [0, 0.1) is 5.82 Å². The molecule has 1 atom stereocenters. The van der Waals surface area contributed by atoms with E-state index in [0.29, 0.717) is 19.4 Å². The van der Waals surface area contributed by atoms with Crippen LogP contribution in [0.2, 0.25) is 0 Å². The van der Waals surface area contributed by atoms with Crippen molar-refractivity contribution in [3.8, 4) is 0 Å². The highest BCUT2D eigenvalue weighted by molar-refractivity contribution is 5.80. The van der Waals surface area contributed by atoms with Gasteiger partial charge in [-0.05, 0) is 43.4 Å². The molecule has 0 spiro atoms. The van der Waals surface area contributed by atoms with Crippen molar-refractivity contribution in [3.63, 3.8) is 0 Å². The Kier molecular flexibility index (Phi) is 5.84. The second-order valence-electron chi connectivity index (χ2n) is 6.84. The van der Waals surface area contributed by atoms with E-state index in [-0.39, 0.29) is 23.7 Å². The summed E-state index contributed by atoms with van der Waals surface area (Å²) in [6.45, 7) is 2.24. The summed E-state index contributed by atoms with van der Waals surface area (Å²) in [4.78, 5) is 28.3. The van der Waals surface area contributed by atoms with E-state index in [1.807, 2.05) is 15.9 Å². The van der Waals surface area contributed by atoms with Gasteiger partial charge in [0.2, 0.25) is 11.8 Å². The Morgan fingerprint density at radius 2 is 2.12 bits per heavy atom. The van der Waals surface area contributed by atoms with Gasteiger partial charge in [-0.2, -0.15) is 0 Å². The second-order valence-corrected chi connectivity index (χ2v) is 6.84. The molecule has 1 aromatic rings. The summed E-state index contributed by atoms with van der Waals surface area (Å²) in [6, 6.07) is 6.45. The molecule has 2 saturated heterocycles. The minimum atomic E-state index is -0.278. The molecule has 2 aliphatic rings. The van der Waals surface area contributed by atoms with Crippen molar-refractivity contribution in [1.29, 1.82) is 0 Å². The summed E-state index contributed by atoms with van der Waals surface area (Å²) in [7, 11) is 0. The number of rotatable bonds is 5. The molecular formula is C20H25FN2O2. The van der Waals surface area contributed by atoms with Gasteiger partial charge in [-0.25, -0.2) is 4.39 Å². The number of piperidine rings is 1. The second kappa shape index (κ2) is 8.28. The number of carbonyl (C=O) groups is 2. The van der Waals surface area contributed by atoms with E-state index in [9.17, 15) is 14.0 Å². The van der Waals surface area contributed by atoms with Gasteiger partial charge in [0.1, 0.15) is 5.82 Å². The van der Waals surface area contributed by atoms with Crippen LogP contribution in [-0.4, -0.2) is 47.3 Å². The van der Waals surface area contributed by atoms with Crippen molar-refractivity contribution in [2.75, 3.05) is 19.6 Å². The standard InChI is InChI=1S/C20H25FN2O2/c21-17-8-3-6-16(14-17)7-4-10-20(25)23-13-2-1-9-18(23)15-22-12-5-11-19(22)24/h3-4,6-8,14,18H,1-2,5,9-13,15H2/b7-4-/t18-/m1/s1. The van der Waals surface area contributed by atoms with Crippen LogP contribution in [0.15, 0.2) is 30.3 Å². The molecule has 2 fully saturated rings. The number of hydrogen-bond donors (Lipinski definition) is 0. The summed E-state index contributed by atoms with van der Waals surface area (Å²) in [5, 5.41) is 0. The van der Waals surface area contributed by atoms with Gasteiger partial charge < -0.3 is 9.80 Å². The highest BCUT2D eigenvalue weighted by Gasteiger charge is 2.30. The van der Waals surface area contributed by atoms with E-state index in [1.54, 1.807) is 18.2 Å². The summed E-state index contributed by atoms with van der Waals surface area (Å²) in [5.41, 5.74) is 0.755. The zero-order valence-corrected chi connectivity index (χ0v) is 14.5. The van der Waals surface area contributed by atoms with Gasteiger partial charge >= 0.3 is 0 Å². The summed E-state index contributed by atoms with van der Waals surface area (Å²) in [6.07, 6.45) is 8.53. The first-order chi connectivity index (χ1) is 12.1. The smallest absolute Gasteiger partial charge is 0.226 e. The van der Waals surface area contributed by atoms with Crippen molar-refractivity contribution < 1.29 is 14.0 Å². The Morgan fingerprint density at radius 3 is 2.88 bits per heavy atom. The number of carbonyl (C=O) groups excluding carboxylic acids is 2. The Labute approximate surface area is 148 Å². The summed E-state index contributed by atoms with van der Waals surface area (Å²) in [5.74, 6) is 0.0211. The zero-order chi connectivity index (χ0) is 17.6. The van der Waals surface area contributed by atoms with Crippen LogP contribution in [0.1, 0.15) is 44.1 Å². The normalized spacial score (nSPS) is 21.3. The van der Waals surface area contributed by atoms with Crippen molar-refractivity contribution in [2.24, 2.45) is 0 Å². The Bertz CT molecular complexity index is 659. The highest BCUT2D eigenvalue weighted by atomic mass is 19.1. The molecule has 0 radical (unpaired) electrons. The van der Waals surface area contributed by atoms with Crippen LogP contribution in [-0.2, 0) is 9.59 Å². The molecule has 5 heteroatoms. The Morgan fingerprint density at radius 1 is 1.24 bits per heavy atom. The van der Waals surface area contributed by atoms with Gasteiger partial charge in [0.05, 0.1) is 0 Å². The minimum absolute atomic E-state index is 0.0870. The van der Waals surface area contributed by atoms with E-state index in [4.69, 9.17) is 0 Å². The monoisotopic (exact) mass is 344 g/mol. The molecule has 2 heterocycles. The molecule has 134 valence electrons. The van der Waals surface area contributed by atoms with Crippen LogP contribution in [0.4, 0.5) is 4.39 Å². The number of halogens is 1. The van der Waals surface area contributed by atoms with Crippen molar-refractivity contribution in [3.05, 3.63) is 41.7 Å². The maximum Gasteiger partial charge on any atom is 0.226 e. The first-order valence-corrected chi connectivity index (χ1v) is 9.13. The molecule has 0 aromatic heterocycles. The van der Waals surface area contributed by atoms with Gasteiger partial charge in [-0.1, -0.05) is 24.3 Å². The minimum Gasteiger partial charge on any atom is -0.341 e. The topological polar surface area (TPSA) is 40.6 Å². The maximum absolute atomic E-state index is 13.2. The van der Waals surface area contributed by atoms with E-state index in [2.05, 4.69) is 0 Å². The van der Waals surface area contributed by atoms with E-state index in [0.717, 1.165) is 44.3 Å². The molecule has 4 nitrogen and oxygen atoms in total.